The molecule has 36 heavy (non-hydrogen) atoms. The first-order valence-electron chi connectivity index (χ1n) is 12.3. The maximum absolute atomic E-state index is 12.9. The lowest BCUT2D eigenvalue weighted by atomic mass is 9.99. The number of rotatable bonds is 6. The summed E-state index contributed by atoms with van der Waals surface area (Å²) in [7, 11) is 1.68. The molecule has 2 rings (SSSR count). The molecule has 0 aliphatic carbocycles. The molecule has 0 radical (unpaired) electrons. The number of ketones is 1. The van der Waals surface area contributed by atoms with Gasteiger partial charge in [-0.15, -0.1) is 0 Å². The van der Waals surface area contributed by atoms with Crippen LogP contribution in [0.5, 0.6) is 11.5 Å². The van der Waals surface area contributed by atoms with Gasteiger partial charge < -0.3 is 29.7 Å². The van der Waals surface area contributed by atoms with Gasteiger partial charge in [0.1, 0.15) is 35.9 Å². The molecule has 1 aromatic rings. The Labute approximate surface area is 213 Å². The Morgan fingerprint density at radius 3 is 2.53 bits per heavy atom. The number of benzene rings is 1. The Morgan fingerprint density at radius 1 is 1.19 bits per heavy atom. The SMILES string of the molecule is CC.CCN(C=NC)CCOc1cc(O)c2c(c1)/C=C/C[C@H](O)[C@H](O)C(=O)/C=C\[C@@H](C)[C@H](C)OC2=O. The van der Waals surface area contributed by atoms with Crippen molar-refractivity contribution in [2.45, 2.75) is 59.4 Å². The van der Waals surface area contributed by atoms with E-state index < -0.39 is 30.1 Å². The second-order valence-corrected chi connectivity index (χ2v) is 8.14. The van der Waals surface area contributed by atoms with Gasteiger partial charge in [-0.25, -0.2) is 4.79 Å². The predicted molar refractivity (Wildman–Crippen MR) is 140 cm³/mol. The molecular formula is C27H40N2O7. The molecule has 0 spiro atoms. The number of aliphatic hydroxyl groups excluding tert-OH is 2. The van der Waals surface area contributed by atoms with Crippen molar-refractivity contribution in [3.63, 3.8) is 0 Å². The first-order chi connectivity index (χ1) is 17.2. The molecule has 0 aromatic heterocycles. The summed E-state index contributed by atoms with van der Waals surface area (Å²) in [5, 5.41) is 30.9. The first-order valence-corrected chi connectivity index (χ1v) is 12.3. The smallest absolute Gasteiger partial charge is 0.342 e. The summed E-state index contributed by atoms with van der Waals surface area (Å²) >= 11 is 0. The number of nitrogens with zero attached hydrogens (tertiary/aromatic N) is 2. The molecule has 0 amide bonds. The lowest BCUT2D eigenvalue weighted by Crippen LogP contribution is -2.32. The number of hydrogen-bond acceptors (Lipinski definition) is 8. The van der Waals surface area contributed by atoms with Crippen LogP contribution in [0.1, 0.15) is 57.0 Å². The maximum Gasteiger partial charge on any atom is 0.342 e. The van der Waals surface area contributed by atoms with Crippen LogP contribution in [0.15, 0.2) is 35.4 Å². The highest BCUT2D eigenvalue weighted by Crippen LogP contribution is 2.31. The number of phenols is 1. The van der Waals surface area contributed by atoms with Gasteiger partial charge in [0.2, 0.25) is 0 Å². The topological polar surface area (TPSA) is 129 Å². The molecule has 4 atom stereocenters. The summed E-state index contributed by atoms with van der Waals surface area (Å²) in [5.74, 6) is -1.66. The van der Waals surface area contributed by atoms with E-state index in [9.17, 15) is 24.9 Å². The minimum atomic E-state index is -1.58. The highest BCUT2D eigenvalue weighted by Gasteiger charge is 2.25. The summed E-state index contributed by atoms with van der Waals surface area (Å²) in [6.07, 6.45) is 3.86. The summed E-state index contributed by atoms with van der Waals surface area (Å²) in [6.45, 7) is 11.1. The highest BCUT2D eigenvalue weighted by atomic mass is 16.5. The van der Waals surface area contributed by atoms with E-state index in [0.29, 0.717) is 24.5 Å². The molecule has 9 heteroatoms. The molecule has 3 N–H and O–H groups in total. The molecule has 200 valence electrons. The van der Waals surface area contributed by atoms with E-state index in [1.165, 1.54) is 30.4 Å². The third-order valence-corrected chi connectivity index (χ3v) is 5.59. The Balaban J connectivity index is 0.00000316. The maximum atomic E-state index is 12.9. The number of carbonyl (C=O) groups excluding carboxylic acids is 2. The number of likely N-dealkylation sites (N-methyl/N-ethyl adjacent to an activating group) is 1. The number of fused-ring (bicyclic) bond motifs is 1. The average Bonchev–Trinajstić information content (AvgIpc) is 2.86. The molecule has 0 fully saturated rings. The van der Waals surface area contributed by atoms with Gasteiger partial charge in [-0.1, -0.05) is 39.0 Å². The Kier molecular flexibility index (Phi) is 13.5. The molecule has 0 bridgehead atoms. The van der Waals surface area contributed by atoms with Crippen LogP contribution in [0.3, 0.4) is 0 Å². The first kappa shape index (κ1) is 30.9. The van der Waals surface area contributed by atoms with Gasteiger partial charge in [-0.2, -0.15) is 0 Å². The van der Waals surface area contributed by atoms with Crippen molar-refractivity contribution in [1.82, 2.24) is 4.90 Å². The average molecular weight is 505 g/mol. The fraction of sp³-hybridized carbons (Fsp3) is 0.519. The predicted octanol–water partition coefficient (Wildman–Crippen LogP) is 3.22. The molecule has 9 nitrogen and oxygen atoms in total. The van der Waals surface area contributed by atoms with Crippen LogP contribution in [0, 0.1) is 5.92 Å². The number of aliphatic hydroxyl groups is 2. The van der Waals surface area contributed by atoms with E-state index in [-0.39, 0.29) is 23.7 Å². The van der Waals surface area contributed by atoms with Gasteiger partial charge in [0.15, 0.2) is 5.78 Å². The number of aromatic hydroxyl groups is 1. The number of cyclic esters (lactones) is 1. The van der Waals surface area contributed by atoms with Gasteiger partial charge in [0.05, 0.1) is 19.0 Å². The number of hydrogen-bond donors (Lipinski definition) is 3. The van der Waals surface area contributed by atoms with Crippen LogP contribution in [0.25, 0.3) is 6.08 Å². The fourth-order valence-corrected chi connectivity index (χ4v) is 3.29. The van der Waals surface area contributed by atoms with Gasteiger partial charge >= 0.3 is 5.97 Å². The zero-order valence-corrected chi connectivity index (χ0v) is 22.0. The largest absolute Gasteiger partial charge is 0.507 e. The summed E-state index contributed by atoms with van der Waals surface area (Å²) in [4.78, 5) is 31.0. The molecule has 1 aromatic carbocycles. The van der Waals surface area contributed by atoms with Crippen LogP contribution in [0.4, 0.5) is 0 Å². The van der Waals surface area contributed by atoms with Crippen molar-refractivity contribution in [3.8, 4) is 11.5 Å². The third kappa shape index (κ3) is 9.13. The van der Waals surface area contributed by atoms with E-state index in [0.717, 1.165) is 6.54 Å². The summed E-state index contributed by atoms with van der Waals surface area (Å²) in [6, 6.07) is 2.94. The van der Waals surface area contributed by atoms with Gasteiger partial charge in [0.25, 0.3) is 0 Å². The lowest BCUT2D eigenvalue weighted by molar-refractivity contribution is -0.127. The Bertz CT molecular complexity index is 942. The van der Waals surface area contributed by atoms with Crippen LogP contribution in [-0.4, -0.2) is 83.4 Å². The third-order valence-electron chi connectivity index (χ3n) is 5.59. The van der Waals surface area contributed by atoms with Gasteiger partial charge in [-0.3, -0.25) is 9.79 Å². The van der Waals surface area contributed by atoms with Crippen molar-refractivity contribution in [2.24, 2.45) is 10.9 Å². The number of phenolic OH excluding ortho intramolecular Hbond substituents is 1. The van der Waals surface area contributed by atoms with Crippen molar-refractivity contribution in [2.75, 3.05) is 26.7 Å². The molecule has 0 saturated carbocycles. The van der Waals surface area contributed by atoms with E-state index in [1.807, 2.05) is 25.7 Å². The van der Waals surface area contributed by atoms with E-state index in [2.05, 4.69) is 4.99 Å². The molecule has 1 aliphatic rings. The Morgan fingerprint density at radius 2 is 1.89 bits per heavy atom. The number of esters is 1. The zero-order valence-electron chi connectivity index (χ0n) is 22.0. The summed E-state index contributed by atoms with van der Waals surface area (Å²) < 4.78 is 11.3. The van der Waals surface area contributed by atoms with Gasteiger partial charge in [0, 0.05) is 25.6 Å². The zero-order chi connectivity index (χ0) is 27.3. The standard InChI is InChI=1S/C25H34N2O7.C2H6/c1-5-27(15-26-4)11-12-33-19-13-18-7-6-8-20(28)24(31)21(29)10-9-16(2)17(3)34-25(32)23(18)22(30)14-19;1-2/h6-7,9-10,13-17,20,24,28,30-31H,5,8,11-12H2,1-4H3;1-2H3/b7-6+,10-9-,26-15?;/t16-,17+,20+,24+;/m1./s1. The molecular weight excluding hydrogens is 464 g/mol. The molecule has 0 unspecified atom stereocenters. The fourth-order valence-electron chi connectivity index (χ4n) is 3.29. The lowest BCUT2D eigenvalue weighted by Gasteiger charge is -2.20. The molecule has 0 saturated heterocycles. The van der Waals surface area contributed by atoms with Crippen molar-refractivity contribution < 1.29 is 34.4 Å². The number of aliphatic imine (C=N–C) groups is 1. The summed E-state index contributed by atoms with van der Waals surface area (Å²) in [5.41, 5.74) is 0.283. The van der Waals surface area contributed by atoms with Crippen LogP contribution in [0.2, 0.25) is 0 Å². The Hall–Kier alpha value is -3.17. The van der Waals surface area contributed by atoms with Crippen LogP contribution < -0.4 is 4.74 Å². The van der Waals surface area contributed by atoms with Gasteiger partial charge in [-0.05, 0) is 38.0 Å². The van der Waals surface area contributed by atoms with E-state index in [4.69, 9.17) is 9.47 Å². The number of carbonyl (C=O) groups is 2. The van der Waals surface area contributed by atoms with Crippen LogP contribution in [-0.2, 0) is 9.53 Å². The monoisotopic (exact) mass is 504 g/mol. The minimum absolute atomic E-state index is 0.0388. The highest BCUT2D eigenvalue weighted by molar-refractivity contribution is 5.97. The minimum Gasteiger partial charge on any atom is -0.507 e. The number of ether oxygens (including phenoxy) is 2. The normalized spacial score (nSPS) is 24.6. The molecule has 1 heterocycles. The quantitative estimate of drug-likeness (QED) is 0.306. The van der Waals surface area contributed by atoms with Crippen LogP contribution >= 0.6 is 0 Å². The van der Waals surface area contributed by atoms with Crippen molar-refractivity contribution >= 4 is 24.2 Å². The second kappa shape index (κ2) is 15.7. The second-order valence-electron chi connectivity index (χ2n) is 8.14. The van der Waals surface area contributed by atoms with Crippen molar-refractivity contribution in [1.29, 1.82) is 0 Å². The van der Waals surface area contributed by atoms with Crippen molar-refractivity contribution in [3.05, 3.63) is 41.5 Å². The van der Waals surface area contributed by atoms with E-state index >= 15 is 0 Å². The van der Waals surface area contributed by atoms with E-state index in [1.54, 1.807) is 33.3 Å². The molecule has 1 aliphatic heterocycles.